The summed E-state index contributed by atoms with van der Waals surface area (Å²) in [7, 11) is 0. The predicted octanol–water partition coefficient (Wildman–Crippen LogP) is 3.69. The molecule has 2 heterocycles. The number of fused-ring (bicyclic) bond motifs is 1. The Labute approximate surface area is 144 Å². The highest BCUT2D eigenvalue weighted by Gasteiger charge is 2.36. The molecule has 1 N–H and O–H groups in total. The van der Waals surface area contributed by atoms with Crippen molar-refractivity contribution in [2.45, 2.75) is 38.1 Å². The highest BCUT2D eigenvalue weighted by atomic mass is 32.1. The minimum atomic E-state index is 0.00583. The molecule has 0 radical (unpaired) electrons. The molecule has 1 saturated carbocycles. The second-order valence-corrected chi connectivity index (χ2v) is 7.31. The highest BCUT2D eigenvalue weighted by Crippen LogP contribution is 2.27. The van der Waals surface area contributed by atoms with Crippen LogP contribution in [0.2, 0.25) is 0 Å². The second-order valence-electron chi connectivity index (χ2n) is 6.03. The van der Waals surface area contributed by atoms with E-state index < -0.39 is 0 Å². The maximum atomic E-state index is 12.7. The molecule has 4 nitrogen and oxygen atoms in total. The highest BCUT2D eigenvalue weighted by molar-refractivity contribution is 7.80. The normalized spacial score (nSPS) is 21.4. The number of hydrogen-bond donors (Lipinski definition) is 1. The van der Waals surface area contributed by atoms with E-state index in [2.05, 4.69) is 16.4 Å². The van der Waals surface area contributed by atoms with Gasteiger partial charge in [-0.05, 0) is 48.8 Å². The summed E-state index contributed by atoms with van der Waals surface area (Å²) in [6.45, 7) is 0. The van der Waals surface area contributed by atoms with E-state index in [0.29, 0.717) is 10.8 Å². The molecule has 2 aliphatic rings. The lowest BCUT2D eigenvalue weighted by atomic mass is 9.94. The van der Waals surface area contributed by atoms with Gasteiger partial charge in [0.15, 0.2) is 5.11 Å². The van der Waals surface area contributed by atoms with Gasteiger partial charge in [0.05, 0.1) is 15.7 Å². The van der Waals surface area contributed by atoms with Crippen LogP contribution in [0.3, 0.4) is 0 Å². The van der Waals surface area contributed by atoms with Gasteiger partial charge in [0.2, 0.25) is 0 Å². The molecule has 2 fully saturated rings. The molecule has 1 aliphatic heterocycles. The number of rotatable bonds is 2. The lowest BCUT2D eigenvalue weighted by Crippen LogP contribution is -2.41. The summed E-state index contributed by atoms with van der Waals surface area (Å²) in [5.74, 6) is 0.00583. The van der Waals surface area contributed by atoms with E-state index in [0.717, 1.165) is 28.6 Å². The number of carbonyl (C=O) groups is 1. The van der Waals surface area contributed by atoms with Gasteiger partial charge in [0, 0.05) is 6.04 Å². The zero-order chi connectivity index (χ0) is 15.8. The van der Waals surface area contributed by atoms with Crippen LogP contribution in [-0.2, 0) is 4.79 Å². The van der Waals surface area contributed by atoms with Gasteiger partial charge >= 0.3 is 0 Å². The zero-order valence-corrected chi connectivity index (χ0v) is 14.3. The van der Waals surface area contributed by atoms with Gasteiger partial charge in [0.1, 0.15) is 5.70 Å². The number of nitrogens with zero attached hydrogens (tertiary/aromatic N) is 2. The van der Waals surface area contributed by atoms with E-state index in [9.17, 15) is 4.79 Å². The third-order valence-corrected chi connectivity index (χ3v) is 5.61. The van der Waals surface area contributed by atoms with Gasteiger partial charge in [-0.3, -0.25) is 9.69 Å². The summed E-state index contributed by atoms with van der Waals surface area (Å²) in [6.07, 6.45) is 7.60. The Kier molecular flexibility index (Phi) is 3.87. The van der Waals surface area contributed by atoms with Crippen molar-refractivity contribution in [1.29, 1.82) is 0 Å². The van der Waals surface area contributed by atoms with Crippen molar-refractivity contribution in [2.24, 2.45) is 0 Å². The van der Waals surface area contributed by atoms with Crippen LogP contribution < -0.4 is 5.32 Å². The summed E-state index contributed by atoms with van der Waals surface area (Å²) < 4.78 is 1.12. The number of hydrogen-bond acceptors (Lipinski definition) is 4. The molecule has 0 unspecified atom stereocenters. The van der Waals surface area contributed by atoms with E-state index in [1.807, 2.05) is 23.7 Å². The number of thiazole rings is 1. The average molecular weight is 343 g/mol. The smallest absolute Gasteiger partial charge is 0.276 e. The van der Waals surface area contributed by atoms with Crippen molar-refractivity contribution in [3.8, 4) is 0 Å². The summed E-state index contributed by atoms with van der Waals surface area (Å²) in [5, 5.41) is 3.65. The number of amides is 1. The van der Waals surface area contributed by atoms with Crippen LogP contribution in [0.25, 0.3) is 16.3 Å². The molecule has 1 saturated heterocycles. The maximum Gasteiger partial charge on any atom is 0.276 e. The zero-order valence-electron chi connectivity index (χ0n) is 12.6. The number of thiocarbonyl (C=S) groups is 1. The predicted molar refractivity (Wildman–Crippen MR) is 97.0 cm³/mol. The third-order valence-electron chi connectivity index (χ3n) is 4.52. The standard InChI is InChI=1S/C17H17N3OS2/c21-16-14(8-11-6-7-13-15(9-11)23-10-18-13)19-17(22)20(16)12-4-2-1-3-5-12/h6-10,12H,1-5H2,(H,19,22)/b14-8-. The number of nitrogens with one attached hydrogen (secondary N) is 1. The van der Waals surface area contributed by atoms with E-state index in [1.165, 1.54) is 19.3 Å². The summed E-state index contributed by atoms with van der Waals surface area (Å²) >= 11 is 7.00. The van der Waals surface area contributed by atoms with Crippen LogP contribution in [0.15, 0.2) is 29.4 Å². The molecule has 0 spiro atoms. The van der Waals surface area contributed by atoms with Gasteiger partial charge in [-0.1, -0.05) is 25.3 Å². The van der Waals surface area contributed by atoms with Crippen LogP contribution in [0.4, 0.5) is 0 Å². The molecule has 1 amide bonds. The first-order valence-corrected chi connectivity index (χ1v) is 9.21. The summed E-state index contributed by atoms with van der Waals surface area (Å²) in [4.78, 5) is 18.8. The van der Waals surface area contributed by atoms with Crippen LogP contribution in [0, 0.1) is 0 Å². The number of carbonyl (C=O) groups excluding carboxylic acids is 1. The minimum Gasteiger partial charge on any atom is -0.328 e. The van der Waals surface area contributed by atoms with E-state index >= 15 is 0 Å². The fraction of sp³-hybridized carbons (Fsp3) is 0.353. The Hall–Kier alpha value is -1.79. The Balaban J connectivity index is 1.61. The van der Waals surface area contributed by atoms with Crippen LogP contribution in [-0.4, -0.2) is 26.9 Å². The average Bonchev–Trinajstić information content (AvgIpc) is 3.13. The van der Waals surface area contributed by atoms with E-state index in [1.54, 1.807) is 16.2 Å². The third kappa shape index (κ3) is 2.77. The Morgan fingerprint density at radius 2 is 2.13 bits per heavy atom. The van der Waals surface area contributed by atoms with Gasteiger partial charge in [-0.15, -0.1) is 11.3 Å². The fourth-order valence-electron chi connectivity index (χ4n) is 3.35. The molecule has 1 aromatic carbocycles. The fourth-order valence-corrected chi connectivity index (χ4v) is 4.42. The first kappa shape index (κ1) is 14.8. The molecular formula is C17H17N3OS2. The van der Waals surface area contributed by atoms with Crippen molar-refractivity contribution in [2.75, 3.05) is 0 Å². The summed E-state index contributed by atoms with van der Waals surface area (Å²) in [6, 6.07) is 6.28. The van der Waals surface area contributed by atoms with Crippen molar-refractivity contribution in [3.05, 3.63) is 35.0 Å². The van der Waals surface area contributed by atoms with Gasteiger partial charge in [-0.2, -0.15) is 0 Å². The van der Waals surface area contributed by atoms with Gasteiger partial charge in [0.25, 0.3) is 5.91 Å². The first-order valence-electron chi connectivity index (χ1n) is 7.92. The molecular weight excluding hydrogens is 326 g/mol. The molecule has 118 valence electrons. The number of benzene rings is 1. The maximum absolute atomic E-state index is 12.7. The molecule has 0 atom stereocenters. The van der Waals surface area contributed by atoms with Crippen LogP contribution >= 0.6 is 23.6 Å². The van der Waals surface area contributed by atoms with Crippen molar-refractivity contribution in [3.63, 3.8) is 0 Å². The molecule has 23 heavy (non-hydrogen) atoms. The monoisotopic (exact) mass is 343 g/mol. The van der Waals surface area contributed by atoms with Crippen LogP contribution in [0.1, 0.15) is 37.7 Å². The van der Waals surface area contributed by atoms with E-state index in [4.69, 9.17) is 12.2 Å². The molecule has 1 aromatic heterocycles. The molecule has 2 aromatic rings. The number of aromatic nitrogens is 1. The Morgan fingerprint density at radius 1 is 1.30 bits per heavy atom. The van der Waals surface area contributed by atoms with Gasteiger partial charge in [-0.25, -0.2) is 4.98 Å². The largest absolute Gasteiger partial charge is 0.328 e. The molecule has 4 rings (SSSR count). The molecule has 1 aliphatic carbocycles. The second kappa shape index (κ2) is 6.02. The van der Waals surface area contributed by atoms with Crippen molar-refractivity contribution >= 4 is 50.9 Å². The van der Waals surface area contributed by atoms with Crippen molar-refractivity contribution in [1.82, 2.24) is 15.2 Å². The lowest BCUT2D eigenvalue weighted by molar-refractivity contribution is -0.124. The SMILES string of the molecule is O=C1/C(=C/c2ccc3ncsc3c2)NC(=S)N1C1CCCCC1. The quantitative estimate of drug-likeness (QED) is 0.667. The minimum absolute atomic E-state index is 0.00583. The van der Waals surface area contributed by atoms with Gasteiger partial charge < -0.3 is 5.32 Å². The lowest BCUT2D eigenvalue weighted by Gasteiger charge is -2.29. The molecule has 6 heteroatoms. The van der Waals surface area contributed by atoms with Crippen LogP contribution in [0.5, 0.6) is 0 Å². The Morgan fingerprint density at radius 3 is 2.96 bits per heavy atom. The summed E-state index contributed by atoms with van der Waals surface area (Å²) in [5.41, 5.74) is 4.39. The van der Waals surface area contributed by atoms with E-state index in [-0.39, 0.29) is 11.9 Å². The van der Waals surface area contributed by atoms with Crippen molar-refractivity contribution < 1.29 is 4.79 Å². The first-order chi connectivity index (χ1) is 11.2. The topological polar surface area (TPSA) is 45.2 Å². The molecule has 0 bridgehead atoms. The Bertz CT molecular complexity index is 805.